The van der Waals surface area contributed by atoms with Gasteiger partial charge in [0.2, 0.25) is 5.91 Å². The van der Waals surface area contributed by atoms with Gasteiger partial charge in [0, 0.05) is 13.1 Å². The first-order valence-electron chi connectivity index (χ1n) is 6.44. The molecule has 1 saturated heterocycles. The lowest BCUT2D eigenvalue weighted by atomic mass is 10.0. The minimum Gasteiger partial charge on any atom is -0.341 e. The molecule has 0 aromatic rings. The van der Waals surface area contributed by atoms with E-state index in [1.165, 1.54) is 19.3 Å². The van der Waals surface area contributed by atoms with Gasteiger partial charge in [0.15, 0.2) is 0 Å². The molecule has 2 aliphatic rings. The minimum absolute atomic E-state index is 0.0822. The Morgan fingerprint density at radius 3 is 2.56 bits per heavy atom. The Bertz CT molecular complexity index is 296. The van der Waals surface area contributed by atoms with E-state index in [0.717, 1.165) is 31.3 Å². The predicted octanol–water partition coefficient (Wildman–Crippen LogP) is 2.18. The van der Waals surface area contributed by atoms with E-state index in [1.807, 2.05) is 11.8 Å². The van der Waals surface area contributed by atoms with Crippen LogP contribution in [0.1, 0.15) is 39.0 Å². The molecule has 0 bridgehead atoms. The fraction of sp³-hybridized carbons (Fsp3) is 0.846. The average molecular weight is 220 g/mol. The van der Waals surface area contributed by atoms with Gasteiger partial charge in [0.05, 0.1) is 6.07 Å². The van der Waals surface area contributed by atoms with Crippen molar-refractivity contribution in [3.05, 3.63) is 0 Å². The van der Waals surface area contributed by atoms with Crippen molar-refractivity contribution in [2.45, 2.75) is 39.0 Å². The summed E-state index contributed by atoms with van der Waals surface area (Å²) in [7, 11) is 0. The van der Waals surface area contributed by atoms with Gasteiger partial charge in [0.25, 0.3) is 0 Å². The summed E-state index contributed by atoms with van der Waals surface area (Å²) in [5.74, 6) is 1.14. The number of hydrogen-bond donors (Lipinski definition) is 0. The van der Waals surface area contributed by atoms with Gasteiger partial charge >= 0.3 is 0 Å². The molecule has 0 aromatic carbocycles. The molecule has 1 aliphatic heterocycles. The third-order valence-corrected chi connectivity index (χ3v) is 4.07. The lowest BCUT2D eigenvalue weighted by Gasteiger charge is -2.20. The van der Waals surface area contributed by atoms with E-state index >= 15 is 0 Å². The van der Waals surface area contributed by atoms with Crippen LogP contribution in [0.15, 0.2) is 0 Å². The Morgan fingerprint density at radius 2 is 2.06 bits per heavy atom. The molecular weight excluding hydrogens is 200 g/mol. The van der Waals surface area contributed by atoms with Crippen molar-refractivity contribution in [1.29, 1.82) is 5.26 Å². The highest BCUT2D eigenvalue weighted by atomic mass is 16.2. The molecule has 0 radical (unpaired) electrons. The summed E-state index contributed by atoms with van der Waals surface area (Å²) in [6.45, 7) is 3.84. The van der Waals surface area contributed by atoms with Crippen LogP contribution in [0.4, 0.5) is 0 Å². The van der Waals surface area contributed by atoms with Crippen molar-refractivity contribution in [1.82, 2.24) is 4.90 Å². The molecule has 2 fully saturated rings. The van der Waals surface area contributed by atoms with Gasteiger partial charge in [-0.2, -0.15) is 5.26 Å². The van der Waals surface area contributed by atoms with Crippen LogP contribution in [-0.2, 0) is 4.79 Å². The molecule has 3 nitrogen and oxygen atoms in total. The maximum absolute atomic E-state index is 12.1. The van der Waals surface area contributed by atoms with Gasteiger partial charge in [0.1, 0.15) is 5.92 Å². The number of nitriles is 1. The zero-order valence-corrected chi connectivity index (χ0v) is 9.98. The first-order valence-corrected chi connectivity index (χ1v) is 6.44. The number of hydrogen-bond acceptors (Lipinski definition) is 2. The lowest BCUT2D eigenvalue weighted by Crippen LogP contribution is -2.34. The molecular formula is C13H20N2O. The second kappa shape index (κ2) is 4.86. The molecule has 3 atom stereocenters. The van der Waals surface area contributed by atoms with Crippen molar-refractivity contribution >= 4 is 5.91 Å². The molecule has 2 rings (SSSR count). The van der Waals surface area contributed by atoms with E-state index in [0.29, 0.717) is 6.42 Å². The third kappa shape index (κ3) is 2.07. The molecule has 16 heavy (non-hydrogen) atoms. The Morgan fingerprint density at radius 1 is 1.44 bits per heavy atom. The summed E-state index contributed by atoms with van der Waals surface area (Å²) in [6, 6.07) is 2.15. The van der Waals surface area contributed by atoms with Gasteiger partial charge < -0.3 is 4.90 Å². The number of rotatable bonds is 3. The van der Waals surface area contributed by atoms with Crippen LogP contribution in [0.2, 0.25) is 0 Å². The predicted molar refractivity (Wildman–Crippen MR) is 61.4 cm³/mol. The quantitative estimate of drug-likeness (QED) is 0.731. The minimum atomic E-state index is -0.399. The maximum atomic E-state index is 12.1. The van der Waals surface area contributed by atoms with E-state index in [2.05, 4.69) is 6.07 Å². The van der Waals surface area contributed by atoms with Crippen LogP contribution in [-0.4, -0.2) is 23.9 Å². The number of amides is 1. The Hall–Kier alpha value is -1.04. The number of fused-ring (bicyclic) bond motifs is 1. The van der Waals surface area contributed by atoms with E-state index in [4.69, 9.17) is 5.26 Å². The summed E-state index contributed by atoms with van der Waals surface area (Å²) in [5, 5.41) is 8.99. The van der Waals surface area contributed by atoms with E-state index in [-0.39, 0.29) is 5.91 Å². The van der Waals surface area contributed by atoms with Gasteiger partial charge in [-0.15, -0.1) is 0 Å². The van der Waals surface area contributed by atoms with Crippen molar-refractivity contribution in [3.63, 3.8) is 0 Å². The summed E-state index contributed by atoms with van der Waals surface area (Å²) in [5.41, 5.74) is 0. The highest BCUT2D eigenvalue weighted by molar-refractivity contribution is 5.81. The maximum Gasteiger partial charge on any atom is 0.239 e. The number of carbonyl (C=O) groups is 1. The second-order valence-electron chi connectivity index (χ2n) is 5.16. The monoisotopic (exact) mass is 220 g/mol. The lowest BCUT2D eigenvalue weighted by molar-refractivity contribution is -0.133. The fourth-order valence-corrected chi connectivity index (χ4v) is 3.17. The highest BCUT2D eigenvalue weighted by Crippen LogP contribution is 2.38. The van der Waals surface area contributed by atoms with Crippen LogP contribution in [0.5, 0.6) is 0 Å². The van der Waals surface area contributed by atoms with Crippen molar-refractivity contribution in [2.75, 3.05) is 13.1 Å². The van der Waals surface area contributed by atoms with Crippen LogP contribution in [0.25, 0.3) is 0 Å². The Labute approximate surface area is 97.4 Å². The van der Waals surface area contributed by atoms with Crippen LogP contribution >= 0.6 is 0 Å². The summed E-state index contributed by atoms with van der Waals surface area (Å²) in [6.07, 6.45) is 5.50. The average Bonchev–Trinajstić information content (AvgIpc) is 2.84. The molecule has 1 heterocycles. The van der Waals surface area contributed by atoms with Crippen molar-refractivity contribution in [2.24, 2.45) is 17.8 Å². The van der Waals surface area contributed by atoms with Crippen LogP contribution in [0, 0.1) is 29.1 Å². The summed E-state index contributed by atoms with van der Waals surface area (Å²) >= 11 is 0. The molecule has 3 unspecified atom stereocenters. The Balaban J connectivity index is 1.93. The van der Waals surface area contributed by atoms with E-state index in [1.54, 1.807) is 0 Å². The summed E-state index contributed by atoms with van der Waals surface area (Å²) < 4.78 is 0. The third-order valence-electron chi connectivity index (χ3n) is 4.07. The molecule has 1 amide bonds. The SMILES string of the molecule is CCCC(C#N)C(=O)N1CC2CCCC2C1. The standard InChI is InChI=1S/C13H20N2O/c1-2-4-10(7-14)13(16)15-8-11-5-3-6-12(11)9-15/h10-12H,2-6,8-9H2,1H3. The highest BCUT2D eigenvalue weighted by Gasteiger charge is 2.39. The topological polar surface area (TPSA) is 44.1 Å². The fourth-order valence-electron chi connectivity index (χ4n) is 3.17. The zero-order chi connectivity index (χ0) is 11.5. The van der Waals surface area contributed by atoms with Crippen LogP contribution < -0.4 is 0 Å². The van der Waals surface area contributed by atoms with Gasteiger partial charge in [-0.25, -0.2) is 0 Å². The number of likely N-dealkylation sites (tertiary alicyclic amines) is 1. The molecule has 1 aliphatic carbocycles. The van der Waals surface area contributed by atoms with Crippen molar-refractivity contribution < 1.29 is 4.79 Å². The smallest absolute Gasteiger partial charge is 0.239 e. The second-order valence-corrected chi connectivity index (χ2v) is 5.16. The number of nitrogens with zero attached hydrogens (tertiary/aromatic N) is 2. The largest absolute Gasteiger partial charge is 0.341 e. The molecule has 88 valence electrons. The molecule has 0 aromatic heterocycles. The molecule has 3 heteroatoms. The van der Waals surface area contributed by atoms with E-state index < -0.39 is 5.92 Å². The first kappa shape index (κ1) is 11.4. The van der Waals surface area contributed by atoms with Gasteiger partial charge in [-0.05, 0) is 31.1 Å². The number of carbonyl (C=O) groups excluding carboxylic acids is 1. The molecule has 0 N–H and O–H groups in total. The normalized spacial score (nSPS) is 29.9. The Kier molecular flexibility index (Phi) is 3.48. The zero-order valence-electron chi connectivity index (χ0n) is 9.98. The molecule has 1 saturated carbocycles. The van der Waals surface area contributed by atoms with Crippen LogP contribution in [0.3, 0.4) is 0 Å². The van der Waals surface area contributed by atoms with Crippen molar-refractivity contribution in [3.8, 4) is 6.07 Å². The van der Waals surface area contributed by atoms with E-state index in [9.17, 15) is 4.79 Å². The molecule has 0 spiro atoms. The van der Waals surface area contributed by atoms with Gasteiger partial charge in [-0.1, -0.05) is 19.8 Å². The summed E-state index contributed by atoms with van der Waals surface area (Å²) in [4.78, 5) is 14.0. The first-order chi connectivity index (χ1) is 7.76. The van der Waals surface area contributed by atoms with Gasteiger partial charge in [-0.3, -0.25) is 4.79 Å².